The summed E-state index contributed by atoms with van der Waals surface area (Å²) < 4.78 is 0. The van der Waals surface area contributed by atoms with E-state index < -0.39 is 11.5 Å². The third-order valence-electron chi connectivity index (χ3n) is 4.20. The third-order valence-corrected chi connectivity index (χ3v) is 4.20. The standard InChI is InChI=1S/C13H23NO2/c1-10-3-2-7-13(8-6-10,12(15)16)14-9-11-4-5-11/h10-11,14H,2-9H2,1H3,(H,15,16). The van der Waals surface area contributed by atoms with Gasteiger partial charge in [0.2, 0.25) is 0 Å². The van der Waals surface area contributed by atoms with E-state index in [1.807, 2.05) is 0 Å². The number of carboxylic acids is 1. The van der Waals surface area contributed by atoms with E-state index in [4.69, 9.17) is 0 Å². The van der Waals surface area contributed by atoms with E-state index in [2.05, 4.69) is 12.2 Å². The minimum atomic E-state index is -0.637. The SMILES string of the molecule is CC1CCCC(NCC2CC2)(C(=O)O)CC1. The molecule has 0 bridgehead atoms. The van der Waals surface area contributed by atoms with Crippen LogP contribution in [0.5, 0.6) is 0 Å². The molecule has 92 valence electrons. The summed E-state index contributed by atoms with van der Waals surface area (Å²) in [5.41, 5.74) is -0.618. The molecule has 0 heterocycles. The molecule has 2 aliphatic rings. The maximum absolute atomic E-state index is 11.5. The van der Waals surface area contributed by atoms with Crippen LogP contribution in [0.2, 0.25) is 0 Å². The molecule has 0 saturated heterocycles. The molecule has 16 heavy (non-hydrogen) atoms. The molecule has 0 aromatic rings. The normalized spacial score (nSPS) is 35.7. The highest BCUT2D eigenvalue weighted by Gasteiger charge is 2.40. The van der Waals surface area contributed by atoms with Gasteiger partial charge in [-0.3, -0.25) is 4.79 Å². The second-order valence-electron chi connectivity index (χ2n) is 5.75. The van der Waals surface area contributed by atoms with Crippen molar-refractivity contribution < 1.29 is 9.90 Å². The summed E-state index contributed by atoms with van der Waals surface area (Å²) in [6.45, 7) is 3.14. The molecule has 0 aliphatic heterocycles. The second-order valence-corrected chi connectivity index (χ2v) is 5.75. The average molecular weight is 225 g/mol. The second kappa shape index (κ2) is 4.74. The van der Waals surface area contributed by atoms with E-state index in [1.54, 1.807) is 0 Å². The largest absolute Gasteiger partial charge is 0.480 e. The van der Waals surface area contributed by atoms with Gasteiger partial charge >= 0.3 is 5.97 Å². The zero-order chi connectivity index (χ0) is 11.6. The van der Waals surface area contributed by atoms with Crippen LogP contribution in [0.4, 0.5) is 0 Å². The first kappa shape index (κ1) is 11.9. The molecule has 2 atom stereocenters. The first-order valence-electron chi connectivity index (χ1n) is 6.61. The molecule has 0 aromatic heterocycles. The van der Waals surface area contributed by atoms with Gasteiger partial charge in [-0.2, -0.15) is 0 Å². The molecule has 0 aromatic carbocycles. The Morgan fingerprint density at radius 1 is 1.31 bits per heavy atom. The predicted molar refractivity (Wildman–Crippen MR) is 63.3 cm³/mol. The lowest BCUT2D eigenvalue weighted by atomic mass is 9.89. The molecule has 3 heteroatoms. The van der Waals surface area contributed by atoms with Gasteiger partial charge in [-0.25, -0.2) is 0 Å². The summed E-state index contributed by atoms with van der Waals surface area (Å²) in [4.78, 5) is 11.5. The smallest absolute Gasteiger partial charge is 0.323 e. The number of carboxylic acid groups (broad SMARTS) is 1. The zero-order valence-electron chi connectivity index (χ0n) is 10.2. The summed E-state index contributed by atoms with van der Waals surface area (Å²) in [5, 5.41) is 12.8. The summed E-state index contributed by atoms with van der Waals surface area (Å²) in [6.07, 6.45) is 7.43. The number of aliphatic carboxylic acids is 1. The quantitative estimate of drug-likeness (QED) is 0.722. The maximum Gasteiger partial charge on any atom is 0.323 e. The summed E-state index contributed by atoms with van der Waals surface area (Å²) in [7, 11) is 0. The van der Waals surface area contributed by atoms with Crippen LogP contribution in [0.3, 0.4) is 0 Å². The molecule has 0 radical (unpaired) electrons. The van der Waals surface area contributed by atoms with Gasteiger partial charge in [-0.15, -0.1) is 0 Å². The molecule has 2 fully saturated rings. The van der Waals surface area contributed by atoms with Gasteiger partial charge < -0.3 is 10.4 Å². The fraction of sp³-hybridized carbons (Fsp3) is 0.923. The van der Waals surface area contributed by atoms with E-state index in [-0.39, 0.29) is 0 Å². The fourth-order valence-corrected chi connectivity index (χ4v) is 2.64. The fourth-order valence-electron chi connectivity index (χ4n) is 2.64. The van der Waals surface area contributed by atoms with Gasteiger partial charge in [-0.1, -0.05) is 19.8 Å². The van der Waals surface area contributed by atoms with E-state index >= 15 is 0 Å². The van der Waals surface area contributed by atoms with Gasteiger partial charge in [0, 0.05) is 0 Å². The molecule has 2 N–H and O–H groups in total. The number of nitrogens with one attached hydrogen (secondary N) is 1. The number of hydrogen-bond donors (Lipinski definition) is 2. The van der Waals surface area contributed by atoms with Crippen LogP contribution in [-0.4, -0.2) is 23.2 Å². The summed E-state index contributed by atoms with van der Waals surface area (Å²) in [5.74, 6) is 0.795. The van der Waals surface area contributed by atoms with Crippen molar-refractivity contribution in [1.29, 1.82) is 0 Å². The van der Waals surface area contributed by atoms with Gasteiger partial charge in [0.15, 0.2) is 0 Å². The van der Waals surface area contributed by atoms with Crippen molar-refractivity contribution in [3.8, 4) is 0 Å². The van der Waals surface area contributed by atoms with Gasteiger partial charge in [-0.05, 0) is 50.5 Å². The van der Waals surface area contributed by atoms with Crippen LogP contribution in [-0.2, 0) is 4.79 Å². The highest BCUT2D eigenvalue weighted by Crippen LogP contribution is 2.33. The number of rotatable bonds is 4. The Kier molecular flexibility index (Phi) is 3.53. The monoisotopic (exact) mass is 225 g/mol. The van der Waals surface area contributed by atoms with E-state index in [0.717, 1.165) is 38.1 Å². The van der Waals surface area contributed by atoms with Crippen LogP contribution in [0.1, 0.15) is 51.9 Å². The van der Waals surface area contributed by atoms with Crippen LogP contribution < -0.4 is 5.32 Å². The Bertz CT molecular complexity index is 263. The molecule has 2 aliphatic carbocycles. The van der Waals surface area contributed by atoms with Gasteiger partial charge in [0.25, 0.3) is 0 Å². The minimum absolute atomic E-state index is 0.618. The van der Waals surface area contributed by atoms with Crippen molar-refractivity contribution in [2.45, 2.75) is 57.4 Å². The molecule has 2 saturated carbocycles. The lowest BCUT2D eigenvalue weighted by Gasteiger charge is -2.29. The third kappa shape index (κ3) is 2.76. The molecule has 3 nitrogen and oxygen atoms in total. The van der Waals surface area contributed by atoms with Crippen molar-refractivity contribution in [2.24, 2.45) is 11.8 Å². The molecular formula is C13H23NO2. The zero-order valence-corrected chi connectivity index (χ0v) is 10.2. The van der Waals surface area contributed by atoms with Crippen molar-refractivity contribution in [1.82, 2.24) is 5.32 Å². The molecule has 2 unspecified atom stereocenters. The number of carbonyl (C=O) groups is 1. The molecule has 2 rings (SSSR count). The maximum atomic E-state index is 11.5. The van der Waals surface area contributed by atoms with Crippen molar-refractivity contribution in [3.63, 3.8) is 0 Å². The van der Waals surface area contributed by atoms with Gasteiger partial charge in [0.1, 0.15) is 5.54 Å². The van der Waals surface area contributed by atoms with Crippen LogP contribution >= 0.6 is 0 Å². The highest BCUT2D eigenvalue weighted by molar-refractivity contribution is 5.78. The van der Waals surface area contributed by atoms with E-state index in [1.165, 1.54) is 19.3 Å². The minimum Gasteiger partial charge on any atom is -0.480 e. The first-order valence-corrected chi connectivity index (χ1v) is 6.61. The van der Waals surface area contributed by atoms with Crippen molar-refractivity contribution in [3.05, 3.63) is 0 Å². The first-order chi connectivity index (χ1) is 7.62. The van der Waals surface area contributed by atoms with Crippen molar-refractivity contribution >= 4 is 5.97 Å². The van der Waals surface area contributed by atoms with Crippen LogP contribution in [0.25, 0.3) is 0 Å². The van der Waals surface area contributed by atoms with Crippen molar-refractivity contribution in [2.75, 3.05) is 6.54 Å². The summed E-state index contributed by atoms with van der Waals surface area (Å²) in [6, 6.07) is 0. The Balaban J connectivity index is 1.97. The topological polar surface area (TPSA) is 49.3 Å². The Morgan fingerprint density at radius 2 is 2.06 bits per heavy atom. The van der Waals surface area contributed by atoms with Crippen LogP contribution in [0, 0.1) is 11.8 Å². The Morgan fingerprint density at radius 3 is 2.69 bits per heavy atom. The number of hydrogen-bond acceptors (Lipinski definition) is 2. The molecular weight excluding hydrogens is 202 g/mol. The predicted octanol–water partition coefficient (Wildman–Crippen LogP) is 2.41. The highest BCUT2D eigenvalue weighted by atomic mass is 16.4. The van der Waals surface area contributed by atoms with E-state index in [0.29, 0.717) is 5.92 Å². The van der Waals surface area contributed by atoms with Crippen LogP contribution in [0.15, 0.2) is 0 Å². The Hall–Kier alpha value is -0.570. The molecule has 0 amide bonds. The lowest BCUT2D eigenvalue weighted by Crippen LogP contribution is -2.52. The lowest BCUT2D eigenvalue weighted by molar-refractivity contribution is -0.145. The average Bonchev–Trinajstić information content (AvgIpc) is 3.03. The van der Waals surface area contributed by atoms with Gasteiger partial charge in [0.05, 0.1) is 0 Å². The Labute approximate surface area is 97.6 Å². The summed E-state index contributed by atoms with van der Waals surface area (Å²) >= 11 is 0. The molecule has 0 spiro atoms. The van der Waals surface area contributed by atoms with E-state index in [9.17, 15) is 9.90 Å².